The van der Waals surface area contributed by atoms with Crippen molar-refractivity contribution in [3.63, 3.8) is 0 Å². The number of hydrogen-bond donors (Lipinski definition) is 2. The highest BCUT2D eigenvalue weighted by molar-refractivity contribution is 5.89. The van der Waals surface area contributed by atoms with Gasteiger partial charge in [0.2, 0.25) is 11.8 Å². The molecule has 2 bridgehead atoms. The maximum atomic E-state index is 14.0. The number of nitrogens with zero attached hydrogens (tertiary/aromatic N) is 4. The van der Waals surface area contributed by atoms with Crippen LogP contribution in [0, 0.1) is 17.2 Å². The molecule has 3 heterocycles. The van der Waals surface area contributed by atoms with Gasteiger partial charge in [-0.1, -0.05) is 18.6 Å². The first-order valence-corrected chi connectivity index (χ1v) is 14.5. The molecule has 3 unspecified atom stereocenters. The van der Waals surface area contributed by atoms with Crippen LogP contribution in [0.25, 0.3) is 0 Å². The summed E-state index contributed by atoms with van der Waals surface area (Å²) >= 11 is 0. The van der Waals surface area contributed by atoms with Crippen molar-refractivity contribution in [2.45, 2.75) is 102 Å². The van der Waals surface area contributed by atoms with E-state index in [9.17, 15) is 29.5 Å². The van der Waals surface area contributed by atoms with Crippen molar-refractivity contribution in [2.24, 2.45) is 5.92 Å². The zero-order chi connectivity index (χ0) is 29.6. The van der Waals surface area contributed by atoms with Crippen molar-refractivity contribution in [1.82, 2.24) is 20.0 Å². The lowest BCUT2D eigenvalue weighted by Gasteiger charge is -2.39. The Morgan fingerprint density at radius 3 is 2.49 bits per heavy atom. The molecule has 2 N–H and O–H groups in total. The molecule has 1 aromatic rings. The number of benzene rings is 1. The van der Waals surface area contributed by atoms with Gasteiger partial charge in [0.1, 0.15) is 17.7 Å². The van der Waals surface area contributed by atoms with E-state index in [1.807, 2.05) is 16.7 Å². The SMILES string of the molecule is C[C@@H](c1ccc(C(=O)O)cc1)N1C(=O)C2C[C@H]1CN2CC(NC(=O)OC(C)(C)C)C(=O)N1C(C#N)C[C@@H]2CCC[C@@H]21. The van der Waals surface area contributed by atoms with Gasteiger partial charge in [-0.05, 0) is 77.0 Å². The zero-order valence-corrected chi connectivity index (χ0v) is 24.1. The number of nitriles is 1. The van der Waals surface area contributed by atoms with Crippen LogP contribution in [0.2, 0.25) is 0 Å². The fourth-order valence-electron chi connectivity index (χ4n) is 7.24. The highest BCUT2D eigenvalue weighted by Crippen LogP contribution is 2.42. The Kier molecular flexibility index (Phi) is 7.72. The average molecular weight is 566 g/mol. The lowest BCUT2D eigenvalue weighted by Crippen LogP contribution is -2.60. The summed E-state index contributed by atoms with van der Waals surface area (Å²) < 4.78 is 5.47. The number of rotatable bonds is 7. The Morgan fingerprint density at radius 2 is 1.88 bits per heavy atom. The molecule has 11 nitrogen and oxygen atoms in total. The van der Waals surface area contributed by atoms with Gasteiger partial charge in [0.15, 0.2) is 0 Å². The molecule has 0 radical (unpaired) electrons. The number of piperazine rings is 1. The van der Waals surface area contributed by atoms with Crippen molar-refractivity contribution in [3.05, 3.63) is 35.4 Å². The Morgan fingerprint density at radius 1 is 1.17 bits per heavy atom. The van der Waals surface area contributed by atoms with Crippen LogP contribution < -0.4 is 5.32 Å². The first kappa shape index (κ1) is 28.9. The third-order valence-electron chi connectivity index (χ3n) is 9.02. The lowest BCUT2D eigenvalue weighted by molar-refractivity contribution is -0.142. The average Bonchev–Trinajstić information content (AvgIpc) is 3.66. The Labute approximate surface area is 240 Å². The van der Waals surface area contributed by atoms with Crippen molar-refractivity contribution >= 4 is 23.9 Å². The first-order chi connectivity index (χ1) is 19.4. The van der Waals surface area contributed by atoms with E-state index in [-0.39, 0.29) is 42.0 Å². The van der Waals surface area contributed by atoms with Crippen LogP contribution in [0.4, 0.5) is 4.79 Å². The van der Waals surface area contributed by atoms with Crippen LogP contribution in [0.3, 0.4) is 0 Å². The van der Waals surface area contributed by atoms with E-state index in [2.05, 4.69) is 11.4 Å². The number of hydrogen-bond acceptors (Lipinski definition) is 7. The van der Waals surface area contributed by atoms with E-state index in [1.165, 1.54) is 0 Å². The monoisotopic (exact) mass is 565 g/mol. The van der Waals surface area contributed by atoms with Gasteiger partial charge >= 0.3 is 12.1 Å². The van der Waals surface area contributed by atoms with Gasteiger partial charge in [-0.3, -0.25) is 14.5 Å². The summed E-state index contributed by atoms with van der Waals surface area (Å²) in [5, 5.41) is 21.8. The lowest BCUT2D eigenvalue weighted by atomic mass is 10.0. The van der Waals surface area contributed by atoms with E-state index in [1.54, 1.807) is 49.9 Å². The molecule has 4 aliphatic rings. The summed E-state index contributed by atoms with van der Waals surface area (Å²) in [7, 11) is 0. The molecule has 1 aromatic carbocycles. The van der Waals surface area contributed by atoms with Gasteiger partial charge in [0.25, 0.3) is 0 Å². The number of carbonyl (C=O) groups excluding carboxylic acids is 3. The van der Waals surface area contributed by atoms with Gasteiger partial charge in [0, 0.05) is 25.2 Å². The third kappa shape index (κ3) is 5.62. The molecule has 5 rings (SSSR count). The van der Waals surface area contributed by atoms with Crippen LogP contribution in [0.5, 0.6) is 0 Å². The number of nitrogens with one attached hydrogen (secondary N) is 1. The molecule has 1 saturated carbocycles. The van der Waals surface area contributed by atoms with Crippen molar-refractivity contribution < 1.29 is 29.0 Å². The van der Waals surface area contributed by atoms with Gasteiger partial charge < -0.3 is 25.0 Å². The van der Waals surface area contributed by atoms with Crippen LogP contribution in [0.1, 0.15) is 81.8 Å². The summed E-state index contributed by atoms with van der Waals surface area (Å²) in [6.07, 6.45) is 3.41. The number of ether oxygens (including phenoxy) is 1. The second kappa shape index (κ2) is 11.0. The number of carboxylic acid groups (broad SMARTS) is 1. The molecule has 220 valence electrons. The highest BCUT2D eigenvalue weighted by atomic mass is 16.6. The van der Waals surface area contributed by atoms with E-state index in [0.29, 0.717) is 25.3 Å². The normalized spacial score (nSPS) is 28.8. The molecule has 0 spiro atoms. The number of carboxylic acids is 1. The van der Waals surface area contributed by atoms with Crippen molar-refractivity contribution in [1.29, 1.82) is 5.26 Å². The zero-order valence-electron chi connectivity index (χ0n) is 24.1. The first-order valence-electron chi connectivity index (χ1n) is 14.5. The van der Waals surface area contributed by atoms with Crippen LogP contribution >= 0.6 is 0 Å². The minimum Gasteiger partial charge on any atom is -0.478 e. The van der Waals surface area contributed by atoms with E-state index in [0.717, 1.165) is 24.8 Å². The summed E-state index contributed by atoms with van der Waals surface area (Å²) in [5.41, 5.74) is 0.291. The summed E-state index contributed by atoms with van der Waals surface area (Å²) in [4.78, 5) is 57.1. The maximum Gasteiger partial charge on any atom is 0.408 e. The Hall–Kier alpha value is -3.65. The number of likely N-dealkylation sites (tertiary alicyclic amines) is 3. The number of carbonyl (C=O) groups is 4. The van der Waals surface area contributed by atoms with Crippen molar-refractivity contribution in [3.8, 4) is 6.07 Å². The molecule has 3 amide bonds. The summed E-state index contributed by atoms with van der Waals surface area (Å²) in [5.74, 6) is -1.05. The topological polar surface area (TPSA) is 143 Å². The molecule has 0 aromatic heterocycles. The predicted molar refractivity (Wildman–Crippen MR) is 148 cm³/mol. The minimum absolute atomic E-state index is 0.00407. The maximum absolute atomic E-state index is 14.0. The summed E-state index contributed by atoms with van der Waals surface area (Å²) in [6.45, 7) is 7.88. The number of aromatic carboxylic acids is 1. The van der Waals surface area contributed by atoms with E-state index >= 15 is 0 Å². The quantitative estimate of drug-likeness (QED) is 0.514. The highest BCUT2D eigenvalue weighted by Gasteiger charge is 2.53. The molecule has 4 fully saturated rings. The molecule has 1 aliphatic carbocycles. The smallest absolute Gasteiger partial charge is 0.408 e. The number of alkyl carbamates (subject to hydrolysis) is 1. The van der Waals surface area contributed by atoms with Crippen LogP contribution in [-0.4, -0.2) is 92.6 Å². The van der Waals surface area contributed by atoms with Crippen LogP contribution in [-0.2, 0) is 14.3 Å². The van der Waals surface area contributed by atoms with Gasteiger partial charge in [0.05, 0.1) is 23.7 Å². The molecular weight excluding hydrogens is 526 g/mol. The Bertz CT molecular complexity index is 1250. The third-order valence-corrected chi connectivity index (χ3v) is 9.02. The second-order valence-corrected chi connectivity index (χ2v) is 12.8. The van der Waals surface area contributed by atoms with Gasteiger partial charge in [-0.25, -0.2) is 9.59 Å². The van der Waals surface area contributed by atoms with E-state index in [4.69, 9.17) is 4.74 Å². The minimum atomic E-state index is -1.00. The molecule has 3 saturated heterocycles. The second-order valence-electron chi connectivity index (χ2n) is 12.8. The van der Waals surface area contributed by atoms with Gasteiger partial charge in [-0.2, -0.15) is 5.26 Å². The summed E-state index contributed by atoms with van der Waals surface area (Å²) in [6, 6.07) is 6.63. The van der Waals surface area contributed by atoms with Crippen LogP contribution in [0.15, 0.2) is 24.3 Å². The Balaban J connectivity index is 1.32. The predicted octanol–water partition coefficient (Wildman–Crippen LogP) is 2.92. The van der Waals surface area contributed by atoms with E-state index < -0.39 is 35.8 Å². The fraction of sp³-hybridized carbons (Fsp3) is 0.633. The van der Waals surface area contributed by atoms with Crippen molar-refractivity contribution in [2.75, 3.05) is 13.1 Å². The number of amides is 3. The largest absolute Gasteiger partial charge is 0.478 e. The molecular formula is C30H39N5O6. The standard InChI is InChI=1S/C30H39N5O6/c1-17(18-8-10-19(11-9-18)28(38)39)34-22-13-25(27(34)37)33(15-22)16-23(32-29(40)41-30(2,3)4)26(36)35-21(14-31)12-20-6-5-7-24(20)35/h8-11,17,20-25H,5-7,12-13,15-16H2,1-4H3,(H,32,40)(H,38,39)/t17-,20-,21?,22-,23?,24-,25?/m0/s1. The molecule has 11 heteroatoms. The molecule has 41 heavy (non-hydrogen) atoms. The molecule has 3 aliphatic heterocycles. The number of fused-ring (bicyclic) bond motifs is 3. The fourth-order valence-corrected chi connectivity index (χ4v) is 7.24. The molecule has 7 atom stereocenters. The van der Waals surface area contributed by atoms with Gasteiger partial charge in [-0.15, -0.1) is 0 Å².